The van der Waals surface area contributed by atoms with Crippen molar-refractivity contribution in [1.29, 1.82) is 0 Å². The van der Waals surface area contributed by atoms with Crippen LogP contribution in [0.5, 0.6) is 0 Å². The van der Waals surface area contributed by atoms with Crippen LogP contribution in [0.15, 0.2) is 47.4 Å². The lowest BCUT2D eigenvalue weighted by Gasteiger charge is -2.21. The van der Waals surface area contributed by atoms with Gasteiger partial charge in [-0.1, -0.05) is 31.9 Å². The maximum atomic E-state index is 14.3. The van der Waals surface area contributed by atoms with E-state index in [0.29, 0.717) is 12.1 Å². The third-order valence-electron chi connectivity index (χ3n) is 5.20. The normalized spacial score (nSPS) is 12.5. The molecule has 41 heavy (non-hydrogen) atoms. The first-order valence-corrected chi connectivity index (χ1v) is 14.7. The third kappa shape index (κ3) is 9.62. The van der Waals surface area contributed by atoms with Crippen LogP contribution in [0, 0.1) is 0 Å². The van der Waals surface area contributed by atoms with Gasteiger partial charge in [0.2, 0.25) is 0 Å². The molecule has 2 rings (SSSR count). The van der Waals surface area contributed by atoms with E-state index < -0.39 is 79.9 Å². The van der Waals surface area contributed by atoms with Gasteiger partial charge in [0.15, 0.2) is 0 Å². The van der Waals surface area contributed by atoms with Crippen LogP contribution in [0.25, 0.3) is 0 Å². The van der Waals surface area contributed by atoms with Gasteiger partial charge < -0.3 is 24.1 Å². The Kier molecular flexibility index (Phi) is 13.1. The molecular formula is C24H25Br2F6NO7S. The van der Waals surface area contributed by atoms with E-state index in [2.05, 4.69) is 36.2 Å². The van der Waals surface area contributed by atoms with Crippen LogP contribution in [0.4, 0.5) is 26.3 Å². The Hall–Kier alpha value is -1.76. The first kappa shape index (κ1) is 35.4. The number of alkyl halides is 6. The summed E-state index contributed by atoms with van der Waals surface area (Å²) in [7, 11) is -4.39. The van der Waals surface area contributed by atoms with Gasteiger partial charge in [0.25, 0.3) is 0 Å². The zero-order chi connectivity index (χ0) is 31.0. The Morgan fingerprint density at radius 2 is 1.20 bits per heavy atom. The quantitative estimate of drug-likeness (QED) is 0.124. The maximum absolute atomic E-state index is 14.3. The van der Waals surface area contributed by atoms with E-state index in [1.54, 1.807) is 13.8 Å². The molecule has 0 aromatic heterocycles. The van der Waals surface area contributed by atoms with Crippen molar-refractivity contribution in [2.45, 2.75) is 49.2 Å². The molecule has 0 saturated heterocycles. The van der Waals surface area contributed by atoms with Crippen molar-refractivity contribution in [2.75, 3.05) is 33.3 Å². The Morgan fingerprint density at radius 1 is 0.805 bits per heavy atom. The van der Waals surface area contributed by atoms with Gasteiger partial charge in [-0.15, -0.1) is 0 Å². The number of rotatable bonds is 14. The van der Waals surface area contributed by atoms with E-state index in [1.807, 2.05) is 0 Å². The Morgan fingerprint density at radius 3 is 1.51 bits per heavy atom. The molecule has 0 aliphatic carbocycles. The van der Waals surface area contributed by atoms with Crippen LogP contribution in [0.1, 0.15) is 36.1 Å². The Labute approximate surface area is 248 Å². The molecule has 0 heterocycles. The molecule has 230 valence electrons. The number of halogens is 8. The summed E-state index contributed by atoms with van der Waals surface area (Å²) >= 11 is 5.99. The first-order valence-electron chi connectivity index (χ1n) is 11.6. The molecule has 0 bridgehead atoms. The summed E-state index contributed by atoms with van der Waals surface area (Å²) in [4.78, 5) is 9.94. The van der Waals surface area contributed by atoms with E-state index in [1.165, 1.54) is 0 Å². The van der Waals surface area contributed by atoms with Gasteiger partial charge in [0.1, 0.15) is 29.9 Å². The summed E-state index contributed by atoms with van der Waals surface area (Å²) < 4.78 is 122. The van der Waals surface area contributed by atoms with Crippen molar-refractivity contribution in [1.82, 2.24) is 0 Å². The summed E-state index contributed by atoms with van der Waals surface area (Å²) in [6.45, 7) is 0.814. The van der Waals surface area contributed by atoms with Crippen molar-refractivity contribution >= 4 is 47.6 Å². The van der Waals surface area contributed by atoms with Crippen LogP contribution >= 0.6 is 31.9 Å². The molecule has 2 aromatic carbocycles. The maximum Gasteiger partial charge on any atom is 0.416 e. The molecule has 0 radical (unpaired) electrons. The highest BCUT2D eigenvalue weighted by atomic mass is 79.9. The lowest BCUT2D eigenvalue weighted by molar-refractivity contribution is -0.140. The van der Waals surface area contributed by atoms with E-state index in [0.717, 1.165) is 12.1 Å². The fraction of sp³-hybridized carbons (Fsp3) is 0.458. The number of aliphatic carboxylic acids is 1. The summed E-state index contributed by atoms with van der Waals surface area (Å²) in [5.74, 6) is -1.61. The van der Waals surface area contributed by atoms with E-state index in [-0.39, 0.29) is 35.7 Å². The lowest BCUT2D eigenvalue weighted by atomic mass is 10.1. The number of carboxylic acids is 1. The van der Waals surface area contributed by atoms with Gasteiger partial charge in [-0.25, -0.2) is 8.57 Å². The smallest absolute Gasteiger partial charge is 0.416 e. The summed E-state index contributed by atoms with van der Waals surface area (Å²) in [5.41, 5.74) is -3.43. The fourth-order valence-corrected chi connectivity index (χ4v) is 6.77. The first-order chi connectivity index (χ1) is 19.1. The number of hydrogen-bond acceptors (Lipinski definition) is 7. The van der Waals surface area contributed by atoms with Crippen molar-refractivity contribution in [3.63, 3.8) is 0 Å². The Bertz CT molecular complexity index is 1260. The van der Waals surface area contributed by atoms with Gasteiger partial charge in [0.05, 0.1) is 34.1 Å². The number of carboxylic acid groups (broad SMARTS) is 1. The van der Waals surface area contributed by atoms with Gasteiger partial charge in [-0.2, -0.15) is 26.3 Å². The van der Waals surface area contributed by atoms with Gasteiger partial charge in [-0.3, -0.25) is 4.79 Å². The molecule has 0 unspecified atom stereocenters. The van der Waals surface area contributed by atoms with Crippen LogP contribution in [-0.2, 0) is 59.0 Å². The minimum Gasteiger partial charge on any atom is -0.480 e. The number of nitrogens with zero attached hydrogens (tertiary/aromatic N) is 1. The molecule has 0 saturated carbocycles. The van der Waals surface area contributed by atoms with Crippen molar-refractivity contribution in [3.8, 4) is 0 Å². The minimum absolute atomic E-state index is 0.242. The predicted molar refractivity (Wildman–Crippen MR) is 140 cm³/mol. The minimum atomic E-state index is -5.02. The summed E-state index contributed by atoms with van der Waals surface area (Å²) in [5, 5.41) is 9.16. The van der Waals surface area contributed by atoms with E-state index in [9.17, 15) is 35.3 Å². The molecule has 0 spiro atoms. The monoisotopic (exact) mass is 743 g/mol. The van der Waals surface area contributed by atoms with Gasteiger partial charge in [-0.05, 0) is 38.1 Å². The number of benzene rings is 2. The second-order valence-electron chi connectivity index (χ2n) is 7.98. The average Bonchev–Trinajstić information content (AvgIpc) is 2.87. The predicted octanol–water partition coefficient (Wildman–Crippen LogP) is 7.24. The van der Waals surface area contributed by atoms with Crippen LogP contribution in [-0.4, -0.2) is 48.6 Å². The largest absolute Gasteiger partial charge is 0.480 e. The molecule has 1 N–H and O–H groups in total. The summed E-state index contributed by atoms with van der Waals surface area (Å²) in [6, 6.07) is 2.86. The number of carbonyl (C=O) groups is 1. The molecule has 0 atom stereocenters. The van der Waals surface area contributed by atoms with Crippen LogP contribution in [0.3, 0.4) is 0 Å². The standard InChI is InChI=1S/C24H25Br2F6NO7S/c1-3-37-12-39-10-16-18(23(27,28)29)5-14(7-20(16)25)41(36,33-9-22(34)35)15-6-19(24(30,31)32)17(21(26)8-15)11-40-13-38-4-2/h5-8H,3-4,9-13H2,1-2H3,(H,34,35). The zero-order valence-corrected chi connectivity index (χ0v) is 25.5. The van der Waals surface area contributed by atoms with Crippen LogP contribution in [0.2, 0.25) is 0 Å². The highest BCUT2D eigenvalue weighted by Crippen LogP contribution is 2.42. The number of hydrogen-bond donors (Lipinski definition) is 1. The molecule has 0 fully saturated rings. The second-order valence-corrected chi connectivity index (χ2v) is 11.9. The van der Waals surface area contributed by atoms with E-state index >= 15 is 0 Å². The highest BCUT2D eigenvalue weighted by Gasteiger charge is 2.38. The average molecular weight is 745 g/mol. The van der Waals surface area contributed by atoms with Crippen molar-refractivity contribution in [2.24, 2.45) is 4.36 Å². The molecule has 2 aromatic rings. The van der Waals surface area contributed by atoms with E-state index in [4.69, 9.17) is 24.1 Å². The third-order valence-corrected chi connectivity index (χ3v) is 8.86. The van der Waals surface area contributed by atoms with Crippen molar-refractivity contribution < 1.29 is 59.4 Å². The van der Waals surface area contributed by atoms with Gasteiger partial charge in [0, 0.05) is 33.3 Å². The Balaban J connectivity index is 2.82. The highest BCUT2D eigenvalue weighted by molar-refractivity contribution is 9.10. The number of ether oxygens (including phenoxy) is 4. The zero-order valence-electron chi connectivity index (χ0n) is 21.5. The molecule has 0 aliphatic heterocycles. The second kappa shape index (κ2) is 15.1. The molecule has 0 amide bonds. The molecular weight excluding hydrogens is 720 g/mol. The summed E-state index contributed by atoms with van der Waals surface area (Å²) in [6.07, 6.45) is -10.0. The molecule has 0 aliphatic rings. The van der Waals surface area contributed by atoms with Crippen LogP contribution < -0.4 is 0 Å². The van der Waals surface area contributed by atoms with Gasteiger partial charge >= 0.3 is 18.3 Å². The lowest BCUT2D eigenvalue weighted by Crippen LogP contribution is -2.16. The SMILES string of the molecule is CCOCOCc1c(Br)cc(S(=O)(=NCC(=O)O)c2cc(Br)c(COCOCC)c(C(F)(F)F)c2)cc1C(F)(F)F. The fourth-order valence-electron chi connectivity index (χ4n) is 3.35. The topological polar surface area (TPSA) is 104 Å². The molecule has 17 heteroatoms. The molecule has 8 nitrogen and oxygen atoms in total. The van der Waals surface area contributed by atoms with Crippen molar-refractivity contribution in [3.05, 3.63) is 55.5 Å².